The van der Waals surface area contributed by atoms with E-state index >= 15 is 0 Å². The molecule has 0 amide bonds. The van der Waals surface area contributed by atoms with Crippen LogP contribution >= 0.6 is 11.8 Å². The average molecular weight is 456 g/mol. The fourth-order valence-corrected chi connectivity index (χ4v) is 4.63. The molecule has 1 aliphatic rings. The number of para-hydroxylation sites is 1. The number of rotatable bonds is 8. The molecule has 5 heteroatoms. The van der Waals surface area contributed by atoms with Gasteiger partial charge in [0.05, 0.1) is 5.92 Å². The summed E-state index contributed by atoms with van der Waals surface area (Å²) in [6.07, 6.45) is 1.08. The van der Waals surface area contributed by atoms with Crippen molar-refractivity contribution in [2.45, 2.75) is 24.8 Å². The molecule has 0 aliphatic heterocycles. The van der Waals surface area contributed by atoms with Crippen molar-refractivity contribution in [3.63, 3.8) is 0 Å². The molecule has 4 rings (SSSR count). The minimum Gasteiger partial charge on any atom is -0.457 e. The average Bonchev–Trinajstić information content (AvgIpc) is 3.39. The molecular weight excluding hydrogens is 430 g/mol. The monoisotopic (exact) mass is 455 g/mol. The van der Waals surface area contributed by atoms with Crippen LogP contribution in [-0.2, 0) is 9.53 Å². The summed E-state index contributed by atoms with van der Waals surface area (Å²) in [5, 5.41) is 11.7. The van der Waals surface area contributed by atoms with Gasteiger partial charge in [0.25, 0.3) is 0 Å². The quantitative estimate of drug-likeness (QED) is 0.266. The van der Waals surface area contributed by atoms with Gasteiger partial charge in [0.15, 0.2) is 0 Å². The molecule has 0 aromatic heterocycles. The Morgan fingerprint density at radius 3 is 2.36 bits per heavy atom. The number of esters is 1. The van der Waals surface area contributed by atoms with Gasteiger partial charge in [-0.1, -0.05) is 80.2 Å². The summed E-state index contributed by atoms with van der Waals surface area (Å²) < 4.78 is 11.5. The molecule has 166 valence electrons. The lowest BCUT2D eigenvalue weighted by molar-refractivity contribution is -0.149. The zero-order valence-electron chi connectivity index (χ0n) is 18.5. The smallest absolute Gasteiger partial charge is 0.311 e. The highest BCUT2D eigenvalue weighted by Gasteiger charge is 2.61. The molecule has 0 spiro atoms. The van der Waals surface area contributed by atoms with Gasteiger partial charge in [-0.25, -0.2) is 0 Å². The first-order valence-electron chi connectivity index (χ1n) is 10.8. The molecule has 1 aliphatic carbocycles. The molecule has 0 saturated heterocycles. The number of nitrogens with zero attached hydrogens (tertiary/aromatic N) is 1. The molecule has 3 aromatic rings. The summed E-state index contributed by atoms with van der Waals surface area (Å²) in [6, 6.07) is 28.7. The predicted molar refractivity (Wildman–Crippen MR) is 130 cm³/mol. The summed E-state index contributed by atoms with van der Waals surface area (Å²) in [4.78, 5) is 14.1. The van der Waals surface area contributed by atoms with E-state index < -0.39 is 6.10 Å². The van der Waals surface area contributed by atoms with Crippen molar-refractivity contribution >= 4 is 17.7 Å². The Bertz CT molecular complexity index is 1170. The van der Waals surface area contributed by atoms with Crippen molar-refractivity contribution in [1.29, 1.82) is 5.26 Å². The van der Waals surface area contributed by atoms with Crippen LogP contribution in [0.15, 0.2) is 101 Å². The highest BCUT2D eigenvalue weighted by Crippen LogP contribution is 2.60. The Morgan fingerprint density at radius 2 is 1.67 bits per heavy atom. The summed E-state index contributed by atoms with van der Waals surface area (Å²) in [6.45, 7) is 4.10. The van der Waals surface area contributed by atoms with Crippen LogP contribution in [-0.4, -0.2) is 5.97 Å². The van der Waals surface area contributed by atoms with Crippen LogP contribution < -0.4 is 4.74 Å². The van der Waals surface area contributed by atoms with E-state index in [1.54, 1.807) is 30.0 Å². The van der Waals surface area contributed by atoms with E-state index in [0.717, 1.165) is 4.90 Å². The number of hydrogen-bond donors (Lipinski definition) is 0. The van der Waals surface area contributed by atoms with Gasteiger partial charge in [-0.3, -0.25) is 4.79 Å². The fourth-order valence-electron chi connectivity index (χ4n) is 3.91. The maximum absolute atomic E-state index is 12.9. The summed E-state index contributed by atoms with van der Waals surface area (Å²) in [7, 11) is 0. The molecular formula is C28H25NO3S. The zero-order chi connectivity index (χ0) is 23.3. The molecule has 0 bridgehead atoms. The number of ether oxygens (including phenoxy) is 2. The normalized spacial score (nSPS) is 19.4. The predicted octanol–water partition coefficient (Wildman–Crippen LogP) is 7.16. The third-order valence-electron chi connectivity index (χ3n) is 5.89. The minimum absolute atomic E-state index is 0.0771. The van der Waals surface area contributed by atoms with Crippen molar-refractivity contribution in [3.05, 3.63) is 102 Å². The summed E-state index contributed by atoms with van der Waals surface area (Å²) >= 11 is 1.62. The van der Waals surface area contributed by atoms with Gasteiger partial charge in [0.1, 0.15) is 17.6 Å². The Hall–Kier alpha value is -3.49. The van der Waals surface area contributed by atoms with Gasteiger partial charge in [-0.15, -0.1) is 0 Å². The molecule has 0 radical (unpaired) electrons. The topological polar surface area (TPSA) is 59.3 Å². The molecule has 4 nitrogen and oxygen atoms in total. The second-order valence-electron chi connectivity index (χ2n) is 8.52. The van der Waals surface area contributed by atoms with Crippen LogP contribution in [0.4, 0.5) is 0 Å². The number of carbonyl (C=O) groups is 1. The second kappa shape index (κ2) is 9.97. The van der Waals surface area contributed by atoms with E-state index in [1.165, 1.54) is 0 Å². The highest BCUT2D eigenvalue weighted by atomic mass is 32.2. The highest BCUT2D eigenvalue weighted by molar-refractivity contribution is 8.02. The molecule has 3 aromatic carbocycles. The Labute approximate surface area is 198 Å². The molecule has 0 heterocycles. The lowest BCUT2D eigenvalue weighted by Crippen LogP contribution is -2.14. The van der Waals surface area contributed by atoms with Crippen molar-refractivity contribution < 1.29 is 14.3 Å². The van der Waals surface area contributed by atoms with E-state index in [0.29, 0.717) is 17.1 Å². The minimum atomic E-state index is -0.989. The van der Waals surface area contributed by atoms with Gasteiger partial charge in [-0.2, -0.15) is 5.26 Å². The number of allylic oxidation sites excluding steroid dienone is 1. The maximum atomic E-state index is 12.9. The van der Waals surface area contributed by atoms with Crippen LogP contribution in [0.25, 0.3) is 0 Å². The maximum Gasteiger partial charge on any atom is 0.311 e. The Balaban J connectivity index is 1.39. The lowest BCUT2D eigenvalue weighted by Gasteiger charge is -2.13. The van der Waals surface area contributed by atoms with Crippen LogP contribution in [0.5, 0.6) is 11.5 Å². The van der Waals surface area contributed by atoms with Crippen molar-refractivity contribution in [2.24, 2.45) is 17.3 Å². The van der Waals surface area contributed by atoms with Gasteiger partial charge in [0.2, 0.25) is 6.10 Å². The SMILES string of the molecule is CC1(C)[C@H](C(=O)OC(C#N)c2cccc(Oc3ccccc3)c2)[C@@H]1/C=C/Sc1ccccc1. The van der Waals surface area contributed by atoms with E-state index in [-0.39, 0.29) is 23.2 Å². The van der Waals surface area contributed by atoms with Gasteiger partial charge in [-0.05, 0) is 53.1 Å². The van der Waals surface area contributed by atoms with E-state index in [9.17, 15) is 10.1 Å². The zero-order valence-corrected chi connectivity index (χ0v) is 19.4. The summed E-state index contributed by atoms with van der Waals surface area (Å²) in [5.41, 5.74) is 0.382. The number of nitriles is 1. The molecule has 1 unspecified atom stereocenters. The van der Waals surface area contributed by atoms with Crippen LogP contribution in [0.3, 0.4) is 0 Å². The standard InChI is InChI=1S/C28H25NO3S/c1-28(2)24(16-17-33-23-14-7-4-8-15-23)26(28)27(30)32-25(19-29)20-10-9-13-22(18-20)31-21-11-5-3-6-12-21/h3-18,24-26H,1-2H3/b17-16+/t24-,25?,26-/m0/s1. The fraction of sp³-hybridized carbons (Fsp3) is 0.214. The first kappa shape index (κ1) is 22.7. The molecule has 33 heavy (non-hydrogen) atoms. The third-order valence-corrected chi connectivity index (χ3v) is 6.73. The molecule has 0 N–H and O–H groups in total. The Kier molecular flexibility index (Phi) is 6.86. The van der Waals surface area contributed by atoms with Crippen molar-refractivity contribution in [1.82, 2.24) is 0 Å². The van der Waals surface area contributed by atoms with Crippen molar-refractivity contribution in [3.8, 4) is 17.6 Å². The first-order valence-corrected chi connectivity index (χ1v) is 11.7. The van der Waals surface area contributed by atoms with E-state index in [1.807, 2.05) is 72.1 Å². The van der Waals surface area contributed by atoms with Crippen LogP contribution in [0.2, 0.25) is 0 Å². The van der Waals surface area contributed by atoms with Gasteiger partial charge < -0.3 is 9.47 Å². The van der Waals surface area contributed by atoms with Gasteiger partial charge in [0, 0.05) is 10.5 Å². The van der Waals surface area contributed by atoms with E-state index in [4.69, 9.17) is 9.47 Å². The molecule has 1 fully saturated rings. The number of thioether (sulfide) groups is 1. The molecule has 1 saturated carbocycles. The molecule has 3 atom stereocenters. The summed E-state index contributed by atoms with van der Waals surface area (Å²) in [5.74, 6) is 0.738. The van der Waals surface area contributed by atoms with Crippen LogP contribution in [0.1, 0.15) is 25.5 Å². The second-order valence-corrected chi connectivity index (χ2v) is 9.50. The third kappa shape index (κ3) is 5.47. The van der Waals surface area contributed by atoms with Crippen molar-refractivity contribution in [2.75, 3.05) is 0 Å². The van der Waals surface area contributed by atoms with E-state index in [2.05, 4.69) is 26.0 Å². The Morgan fingerprint density at radius 1 is 1.00 bits per heavy atom. The largest absolute Gasteiger partial charge is 0.457 e. The number of carbonyl (C=O) groups excluding carboxylic acids is 1. The number of hydrogen-bond acceptors (Lipinski definition) is 5. The van der Waals surface area contributed by atoms with Gasteiger partial charge >= 0.3 is 5.97 Å². The first-order chi connectivity index (χ1) is 16.0. The number of benzene rings is 3. The van der Waals surface area contributed by atoms with Crippen LogP contribution in [0, 0.1) is 28.6 Å². The lowest BCUT2D eigenvalue weighted by atomic mass is 10.1.